The summed E-state index contributed by atoms with van der Waals surface area (Å²) in [6.45, 7) is 3.03. The molecule has 4 heteroatoms. The lowest BCUT2D eigenvalue weighted by Crippen LogP contribution is -2.01. The summed E-state index contributed by atoms with van der Waals surface area (Å²) in [7, 11) is 1.64. The average Bonchev–Trinajstić information content (AvgIpc) is 2.82. The monoisotopic (exact) mass is 255 g/mol. The molecule has 19 heavy (non-hydrogen) atoms. The molecule has 2 aromatic rings. The number of ether oxygens (including phenoxy) is 1. The van der Waals surface area contributed by atoms with Crippen LogP contribution in [0.15, 0.2) is 30.5 Å². The molecule has 1 aromatic heterocycles. The molecule has 2 N–H and O–H groups in total. The molecular weight excluding hydrogens is 238 g/mol. The molecule has 0 aliphatic heterocycles. The van der Waals surface area contributed by atoms with Gasteiger partial charge in [-0.25, -0.2) is 0 Å². The first kappa shape index (κ1) is 13.2. The van der Waals surface area contributed by atoms with E-state index < -0.39 is 0 Å². The number of nitrogens with zero attached hydrogens (tertiary/aromatic N) is 2. The molecule has 0 saturated carbocycles. The van der Waals surface area contributed by atoms with E-state index in [4.69, 9.17) is 10.5 Å². The summed E-state index contributed by atoms with van der Waals surface area (Å²) in [6, 6.07) is 7.94. The maximum absolute atomic E-state index is 5.40. The normalized spacial score (nSPS) is 9.84. The van der Waals surface area contributed by atoms with Gasteiger partial charge in [-0.1, -0.05) is 17.9 Å². The lowest BCUT2D eigenvalue weighted by atomic mass is 10.1. The highest BCUT2D eigenvalue weighted by Crippen LogP contribution is 2.19. The fourth-order valence-corrected chi connectivity index (χ4v) is 1.84. The summed E-state index contributed by atoms with van der Waals surface area (Å²) in [5.74, 6) is 6.64. The number of nitrogens with two attached hydrogens (primary N) is 1. The van der Waals surface area contributed by atoms with Gasteiger partial charge in [-0.05, 0) is 30.7 Å². The Morgan fingerprint density at radius 2 is 2.21 bits per heavy atom. The largest absolute Gasteiger partial charge is 0.495 e. The quantitative estimate of drug-likeness (QED) is 0.847. The molecule has 0 spiro atoms. The van der Waals surface area contributed by atoms with Crippen LogP contribution in [-0.4, -0.2) is 23.4 Å². The lowest BCUT2D eigenvalue weighted by Gasteiger charge is -2.07. The molecule has 1 heterocycles. The van der Waals surface area contributed by atoms with Gasteiger partial charge in [-0.3, -0.25) is 4.68 Å². The number of hydrogen-bond acceptors (Lipinski definition) is 3. The second kappa shape index (κ2) is 6.07. The van der Waals surface area contributed by atoms with E-state index in [9.17, 15) is 0 Å². The second-order valence-corrected chi connectivity index (χ2v) is 4.20. The molecule has 0 fully saturated rings. The van der Waals surface area contributed by atoms with Gasteiger partial charge in [-0.15, -0.1) is 0 Å². The van der Waals surface area contributed by atoms with Crippen LogP contribution in [0.3, 0.4) is 0 Å². The zero-order chi connectivity index (χ0) is 13.7. The van der Waals surface area contributed by atoms with Gasteiger partial charge in [0.1, 0.15) is 5.75 Å². The van der Waals surface area contributed by atoms with E-state index >= 15 is 0 Å². The fourth-order valence-electron chi connectivity index (χ4n) is 1.84. The highest BCUT2D eigenvalue weighted by Gasteiger charge is 2.03. The number of hydrogen-bond donors (Lipinski definition) is 1. The van der Waals surface area contributed by atoms with Crippen LogP contribution in [0.4, 0.5) is 0 Å². The summed E-state index contributed by atoms with van der Waals surface area (Å²) in [5.41, 5.74) is 8.40. The Morgan fingerprint density at radius 3 is 2.84 bits per heavy atom. The summed E-state index contributed by atoms with van der Waals surface area (Å²) in [6.07, 6.45) is 1.96. The Hall–Kier alpha value is -2.25. The lowest BCUT2D eigenvalue weighted by molar-refractivity contribution is 0.413. The Kier molecular flexibility index (Phi) is 4.22. The number of aryl methyl sites for hydroxylation is 1. The first-order valence-corrected chi connectivity index (χ1v) is 6.09. The number of rotatable bonds is 3. The van der Waals surface area contributed by atoms with Gasteiger partial charge in [0.25, 0.3) is 0 Å². The zero-order valence-corrected chi connectivity index (χ0v) is 11.2. The summed E-state index contributed by atoms with van der Waals surface area (Å²) in [4.78, 5) is 0. The van der Waals surface area contributed by atoms with Crippen LogP contribution in [0.5, 0.6) is 5.75 Å². The minimum absolute atomic E-state index is 0.339. The standard InChI is InChI=1S/C15H17N3O/c1-12-7-9-18(17-12)11-13-5-6-15(19-2)14(10-13)4-3-8-16/h5-7,9-10H,8,11,16H2,1-2H3. The Morgan fingerprint density at radius 1 is 1.37 bits per heavy atom. The molecule has 0 atom stereocenters. The molecule has 0 saturated heterocycles. The molecular formula is C15H17N3O. The van der Waals surface area contributed by atoms with Crippen molar-refractivity contribution >= 4 is 0 Å². The second-order valence-electron chi connectivity index (χ2n) is 4.20. The minimum atomic E-state index is 0.339. The maximum Gasteiger partial charge on any atom is 0.134 e. The molecule has 2 rings (SSSR count). The summed E-state index contributed by atoms with van der Waals surface area (Å²) < 4.78 is 7.19. The van der Waals surface area contributed by atoms with Gasteiger partial charge in [0, 0.05) is 6.20 Å². The van der Waals surface area contributed by atoms with Crippen molar-refractivity contribution in [1.29, 1.82) is 0 Å². The molecule has 0 unspecified atom stereocenters. The molecule has 4 nitrogen and oxygen atoms in total. The first-order chi connectivity index (χ1) is 9.22. The molecule has 0 amide bonds. The van der Waals surface area contributed by atoms with Crippen LogP contribution in [-0.2, 0) is 6.54 Å². The van der Waals surface area contributed by atoms with Crippen molar-refractivity contribution in [3.05, 3.63) is 47.3 Å². The third kappa shape index (κ3) is 3.36. The molecule has 1 aromatic carbocycles. The van der Waals surface area contributed by atoms with E-state index in [2.05, 4.69) is 16.9 Å². The predicted molar refractivity (Wildman–Crippen MR) is 75.0 cm³/mol. The van der Waals surface area contributed by atoms with Crippen LogP contribution in [0.1, 0.15) is 16.8 Å². The number of benzene rings is 1. The van der Waals surface area contributed by atoms with E-state index in [1.807, 2.05) is 42.1 Å². The van der Waals surface area contributed by atoms with Crippen molar-refractivity contribution < 1.29 is 4.74 Å². The van der Waals surface area contributed by atoms with Gasteiger partial charge >= 0.3 is 0 Å². The molecule has 0 aliphatic carbocycles. The third-order valence-corrected chi connectivity index (χ3v) is 2.71. The van der Waals surface area contributed by atoms with Crippen molar-refractivity contribution in [2.75, 3.05) is 13.7 Å². The van der Waals surface area contributed by atoms with Gasteiger partial charge in [0.05, 0.1) is 31.5 Å². The Labute approximate surface area is 113 Å². The topological polar surface area (TPSA) is 53.1 Å². The summed E-state index contributed by atoms with van der Waals surface area (Å²) in [5, 5.41) is 4.37. The van der Waals surface area contributed by atoms with Crippen LogP contribution >= 0.6 is 0 Å². The van der Waals surface area contributed by atoms with Crippen LogP contribution in [0, 0.1) is 18.8 Å². The third-order valence-electron chi connectivity index (χ3n) is 2.71. The number of aromatic nitrogens is 2. The SMILES string of the molecule is COc1ccc(Cn2ccc(C)n2)cc1C#CCN. The van der Waals surface area contributed by atoms with Crippen LogP contribution in [0.2, 0.25) is 0 Å². The average molecular weight is 255 g/mol. The zero-order valence-electron chi connectivity index (χ0n) is 11.2. The van der Waals surface area contributed by atoms with Crippen molar-refractivity contribution in [3.63, 3.8) is 0 Å². The van der Waals surface area contributed by atoms with Gasteiger partial charge in [0.2, 0.25) is 0 Å². The molecule has 98 valence electrons. The fraction of sp³-hybridized carbons (Fsp3) is 0.267. The highest BCUT2D eigenvalue weighted by molar-refractivity contribution is 5.48. The first-order valence-electron chi connectivity index (χ1n) is 6.09. The smallest absolute Gasteiger partial charge is 0.134 e. The van der Waals surface area contributed by atoms with E-state index in [1.165, 1.54) is 0 Å². The van der Waals surface area contributed by atoms with Crippen LogP contribution in [0.25, 0.3) is 0 Å². The van der Waals surface area contributed by atoms with Gasteiger partial charge < -0.3 is 10.5 Å². The van der Waals surface area contributed by atoms with Crippen molar-refractivity contribution in [2.45, 2.75) is 13.5 Å². The van der Waals surface area contributed by atoms with Gasteiger partial charge in [0.15, 0.2) is 0 Å². The van der Waals surface area contributed by atoms with E-state index in [-0.39, 0.29) is 0 Å². The van der Waals surface area contributed by atoms with Crippen molar-refractivity contribution in [2.24, 2.45) is 5.73 Å². The molecule has 0 bridgehead atoms. The number of methoxy groups -OCH3 is 1. The van der Waals surface area contributed by atoms with E-state index in [1.54, 1.807) is 7.11 Å². The predicted octanol–water partition coefficient (Wildman–Crippen LogP) is 1.56. The summed E-state index contributed by atoms with van der Waals surface area (Å²) >= 11 is 0. The minimum Gasteiger partial charge on any atom is -0.495 e. The maximum atomic E-state index is 5.40. The van der Waals surface area contributed by atoms with Gasteiger partial charge in [-0.2, -0.15) is 5.10 Å². The Balaban J connectivity index is 2.27. The van der Waals surface area contributed by atoms with E-state index in [0.29, 0.717) is 6.54 Å². The molecule has 0 radical (unpaired) electrons. The molecule has 0 aliphatic rings. The highest BCUT2D eigenvalue weighted by atomic mass is 16.5. The van der Waals surface area contributed by atoms with E-state index in [0.717, 1.165) is 29.1 Å². The van der Waals surface area contributed by atoms with Crippen molar-refractivity contribution in [1.82, 2.24) is 9.78 Å². The van der Waals surface area contributed by atoms with Crippen molar-refractivity contribution in [3.8, 4) is 17.6 Å². The Bertz CT molecular complexity index is 620. The van der Waals surface area contributed by atoms with Crippen LogP contribution < -0.4 is 10.5 Å².